The summed E-state index contributed by atoms with van der Waals surface area (Å²) in [6, 6.07) is 0. The highest BCUT2D eigenvalue weighted by Crippen LogP contribution is 2.25. The van der Waals surface area contributed by atoms with Crippen molar-refractivity contribution in [1.82, 2.24) is 10.3 Å². The van der Waals surface area contributed by atoms with Crippen LogP contribution >= 0.6 is 11.3 Å². The van der Waals surface area contributed by atoms with Gasteiger partial charge >= 0.3 is 0 Å². The van der Waals surface area contributed by atoms with Crippen LogP contribution in [0.15, 0.2) is 5.38 Å². The zero-order valence-corrected chi connectivity index (χ0v) is 12.9. The van der Waals surface area contributed by atoms with E-state index in [2.05, 4.69) is 57.2 Å². The highest BCUT2D eigenvalue weighted by atomic mass is 32.1. The molecule has 1 heterocycles. The van der Waals surface area contributed by atoms with E-state index in [1.54, 1.807) is 11.3 Å². The van der Waals surface area contributed by atoms with Gasteiger partial charge < -0.3 is 5.32 Å². The number of nitrogens with one attached hydrogen (secondary N) is 1. The maximum Gasteiger partial charge on any atom is 0.0982 e. The van der Waals surface area contributed by atoms with Crippen molar-refractivity contribution < 1.29 is 0 Å². The second-order valence-electron chi connectivity index (χ2n) is 6.52. The molecule has 0 saturated heterocycles. The molecule has 2 nitrogen and oxygen atoms in total. The summed E-state index contributed by atoms with van der Waals surface area (Å²) >= 11 is 1.77. The Hall–Kier alpha value is -0.410. The molecule has 0 atom stereocenters. The van der Waals surface area contributed by atoms with Crippen LogP contribution in [0, 0.1) is 5.41 Å². The van der Waals surface area contributed by atoms with Crippen molar-refractivity contribution in [2.45, 2.75) is 59.9 Å². The van der Waals surface area contributed by atoms with Gasteiger partial charge in [0.25, 0.3) is 0 Å². The van der Waals surface area contributed by atoms with E-state index < -0.39 is 0 Å². The lowest BCUT2D eigenvalue weighted by atomic mass is 9.90. The number of hydrogen-bond donors (Lipinski definition) is 1. The molecule has 17 heavy (non-hydrogen) atoms. The molecule has 1 rings (SSSR count). The molecule has 0 bridgehead atoms. The number of hydrogen-bond acceptors (Lipinski definition) is 3. The van der Waals surface area contributed by atoms with Crippen molar-refractivity contribution >= 4 is 11.3 Å². The zero-order chi connectivity index (χ0) is 13.1. The quantitative estimate of drug-likeness (QED) is 0.860. The van der Waals surface area contributed by atoms with Gasteiger partial charge in [0.1, 0.15) is 0 Å². The monoisotopic (exact) mass is 254 g/mol. The normalized spacial score (nSPS) is 13.1. The summed E-state index contributed by atoms with van der Waals surface area (Å²) < 4.78 is 0. The Kier molecular flexibility index (Phi) is 4.73. The maximum atomic E-state index is 4.68. The Labute approximate surface area is 110 Å². The topological polar surface area (TPSA) is 24.9 Å². The van der Waals surface area contributed by atoms with E-state index >= 15 is 0 Å². The lowest BCUT2D eigenvalue weighted by Gasteiger charge is -2.22. The summed E-state index contributed by atoms with van der Waals surface area (Å²) in [5.41, 5.74) is 1.72. The smallest absolute Gasteiger partial charge is 0.0982 e. The molecule has 3 heteroatoms. The first-order valence-corrected chi connectivity index (χ1v) is 7.28. The minimum atomic E-state index is 0.172. The zero-order valence-electron chi connectivity index (χ0n) is 12.1. The second kappa shape index (κ2) is 5.49. The molecule has 0 fully saturated rings. The van der Waals surface area contributed by atoms with Crippen molar-refractivity contribution in [3.8, 4) is 0 Å². The van der Waals surface area contributed by atoms with Crippen LogP contribution in [0.5, 0.6) is 0 Å². The number of rotatable bonds is 5. The average molecular weight is 254 g/mol. The molecular formula is C14H26N2S. The molecule has 98 valence electrons. The molecule has 0 spiro atoms. The third-order valence-corrected chi connectivity index (χ3v) is 4.38. The van der Waals surface area contributed by atoms with Crippen LogP contribution in [0.1, 0.15) is 58.7 Å². The van der Waals surface area contributed by atoms with Crippen LogP contribution in [0.2, 0.25) is 0 Å². The maximum absolute atomic E-state index is 4.68. The molecule has 0 unspecified atom stereocenters. The summed E-state index contributed by atoms with van der Waals surface area (Å²) in [6.45, 7) is 15.4. The number of nitrogens with zero attached hydrogens (tertiary/aromatic N) is 1. The molecule has 0 aliphatic rings. The van der Waals surface area contributed by atoms with Crippen molar-refractivity contribution in [1.29, 1.82) is 0 Å². The molecule has 0 aliphatic heterocycles. The fourth-order valence-corrected chi connectivity index (χ4v) is 2.29. The average Bonchev–Trinajstić information content (AvgIpc) is 2.66. The Balaban J connectivity index is 2.46. The SMILES string of the molecule is CCC(C)(C)CNCc1csc(C(C)(C)C)n1. The highest BCUT2D eigenvalue weighted by Gasteiger charge is 2.18. The predicted molar refractivity (Wildman–Crippen MR) is 76.6 cm³/mol. The summed E-state index contributed by atoms with van der Waals surface area (Å²) in [6.07, 6.45) is 1.20. The van der Waals surface area contributed by atoms with Gasteiger partial charge in [-0.1, -0.05) is 41.5 Å². The lowest BCUT2D eigenvalue weighted by molar-refractivity contribution is 0.327. The number of aromatic nitrogens is 1. The third-order valence-electron chi connectivity index (χ3n) is 3.06. The Morgan fingerprint density at radius 2 is 1.88 bits per heavy atom. The van der Waals surface area contributed by atoms with Gasteiger partial charge in [0, 0.05) is 23.9 Å². The molecule has 1 aromatic heterocycles. The van der Waals surface area contributed by atoms with E-state index in [0.717, 1.165) is 13.1 Å². The van der Waals surface area contributed by atoms with Crippen molar-refractivity contribution in [2.75, 3.05) is 6.54 Å². The minimum absolute atomic E-state index is 0.172. The van der Waals surface area contributed by atoms with Crippen molar-refractivity contribution in [3.05, 3.63) is 16.1 Å². The standard InChI is InChI=1S/C14H26N2S/c1-7-14(5,6)10-15-8-11-9-17-12(16-11)13(2,3)4/h9,15H,7-8,10H2,1-6H3. The molecular weight excluding hydrogens is 228 g/mol. The van der Waals surface area contributed by atoms with Crippen LogP contribution < -0.4 is 5.32 Å². The first-order valence-electron chi connectivity index (χ1n) is 6.40. The van der Waals surface area contributed by atoms with Gasteiger partial charge in [0.05, 0.1) is 10.7 Å². The van der Waals surface area contributed by atoms with E-state index in [4.69, 9.17) is 0 Å². The van der Waals surface area contributed by atoms with Crippen molar-refractivity contribution in [2.24, 2.45) is 5.41 Å². The molecule has 0 aromatic carbocycles. The fraction of sp³-hybridized carbons (Fsp3) is 0.786. The van der Waals surface area contributed by atoms with Gasteiger partial charge in [-0.15, -0.1) is 11.3 Å². The summed E-state index contributed by atoms with van der Waals surface area (Å²) in [4.78, 5) is 4.68. The van der Waals surface area contributed by atoms with Gasteiger partial charge in [-0.05, 0) is 11.8 Å². The van der Waals surface area contributed by atoms with Crippen LogP contribution in [0.25, 0.3) is 0 Å². The molecule has 0 radical (unpaired) electrons. The Bertz CT molecular complexity index is 347. The van der Waals surface area contributed by atoms with Gasteiger partial charge in [0.15, 0.2) is 0 Å². The van der Waals surface area contributed by atoms with Gasteiger partial charge in [-0.2, -0.15) is 0 Å². The van der Waals surface area contributed by atoms with Crippen LogP contribution in [-0.2, 0) is 12.0 Å². The van der Waals surface area contributed by atoms with E-state index in [-0.39, 0.29) is 5.41 Å². The Morgan fingerprint density at radius 3 is 2.35 bits per heavy atom. The molecule has 0 amide bonds. The molecule has 1 N–H and O–H groups in total. The van der Waals surface area contributed by atoms with Gasteiger partial charge in [0.2, 0.25) is 0 Å². The summed E-state index contributed by atoms with van der Waals surface area (Å²) in [5.74, 6) is 0. The van der Waals surface area contributed by atoms with E-state index in [0.29, 0.717) is 5.41 Å². The molecule has 0 saturated carbocycles. The summed E-state index contributed by atoms with van der Waals surface area (Å²) in [7, 11) is 0. The molecule has 0 aliphatic carbocycles. The van der Waals surface area contributed by atoms with E-state index in [1.165, 1.54) is 17.1 Å². The first kappa shape index (κ1) is 14.7. The highest BCUT2D eigenvalue weighted by molar-refractivity contribution is 7.09. The van der Waals surface area contributed by atoms with E-state index in [1.807, 2.05) is 0 Å². The summed E-state index contributed by atoms with van der Waals surface area (Å²) in [5, 5.41) is 6.90. The predicted octanol–water partition coefficient (Wildman–Crippen LogP) is 3.97. The fourth-order valence-electron chi connectivity index (χ4n) is 1.39. The third kappa shape index (κ3) is 4.76. The van der Waals surface area contributed by atoms with Gasteiger partial charge in [-0.25, -0.2) is 4.98 Å². The van der Waals surface area contributed by atoms with Crippen LogP contribution in [0.4, 0.5) is 0 Å². The van der Waals surface area contributed by atoms with Crippen LogP contribution in [0.3, 0.4) is 0 Å². The van der Waals surface area contributed by atoms with Crippen molar-refractivity contribution in [3.63, 3.8) is 0 Å². The van der Waals surface area contributed by atoms with Crippen LogP contribution in [-0.4, -0.2) is 11.5 Å². The Morgan fingerprint density at radius 1 is 1.24 bits per heavy atom. The number of thiazole rings is 1. The molecule has 1 aromatic rings. The minimum Gasteiger partial charge on any atom is -0.311 e. The largest absolute Gasteiger partial charge is 0.311 e. The lowest BCUT2D eigenvalue weighted by Crippen LogP contribution is -2.28. The second-order valence-corrected chi connectivity index (χ2v) is 7.37. The first-order chi connectivity index (χ1) is 7.74. The van der Waals surface area contributed by atoms with Gasteiger partial charge in [-0.3, -0.25) is 0 Å². The van der Waals surface area contributed by atoms with E-state index in [9.17, 15) is 0 Å².